The maximum absolute atomic E-state index is 12.6. The molecule has 3 unspecified atom stereocenters. The summed E-state index contributed by atoms with van der Waals surface area (Å²) in [5.41, 5.74) is 0. The summed E-state index contributed by atoms with van der Waals surface area (Å²) < 4.78 is 0. The van der Waals surface area contributed by atoms with Crippen molar-refractivity contribution in [1.82, 2.24) is 5.32 Å². The number of nitrogens with one attached hydrogen (secondary N) is 1. The van der Waals surface area contributed by atoms with Gasteiger partial charge in [-0.25, -0.2) is 0 Å². The fourth-order valence-electron chi connectivity index (χ4n) is 9.50. The van der Waals surface area contributed by atoms with Gasteiger partial charge in [-0.1, -0.05) is 301 Å². The first-order chi connectivity index (χ1) is 32.0. The Balaban J connectivity index is 3.50. The molecule has 0 fully saturated rings. The highest BCUT2D eigenvalue weighted by atomic mass is 16.3. The Bertz CT molecular complexity index is 967. The quantitative estimate of drug-likeness (QED) is 0.0361. The SMILES string of the molecule is CCCCCCCCCCC/C=C\C/C=C\CCCCCCCCCCCCCCCCCC(O)CC(=O)NC(CO)C(O)CCCCCCCCCCCCCCCCCCCCC. The molecular weight excluding hydrogens is 799 g/mol. The van der Waals surface area contributed by atoms with Crippen LogP contribution in [-0.2, 0) is 4.79 Å². The van der Waals surface area contributed by atoms with Gasteiger partial charge in [0.25, 0.3) is 0 Å². The van der Waals surface area contributed by atoms with Gasteiger partial charge in [0.15, 0.2) is 0 Å². The molecule has 0 bridgehead atoms. The van der Waals surface area contributed by atoms with Gasteiger partial charge < -0.3 is 20.6 Å². The number of hydrogen-bond acceptors (Lipinski definition) is 4. The number of amides is 1. The van der Waals surface area contributed by atoms with Crippen LogP contribution in [0, 0.1) is 0 Å². The second kappa shape index (κ2) is 55.4. The number of unbranched alkanes of at least 4 members (excludes halogenated alkanes) is 42. The summed E-state index contributed by atoms with van der Waals surface area (Å²) in [5, 5.41) is 33.7. The number of aliphatic hydroxyl groups excluding tert-OH is 3. The molecule has 0 radical (unpaired) electrons. The van der Waals surface area contributed by atoms with Crippen LogP contribution in [0.15, 0.2) is 24.3 Å². The highest BCUT2D eigenvalue weighted by Crippen LogP contribution is 2.18. The van der Waals surface area contributed by atoms with E-state index < -0.39 is 18.2 Å². The molecule has 0 aliphatic rings. The minimum absolute atomic E-state index is 0.0395. The molecule has 0 rings (SSSR count). The van der Waals surface area contributed by atoms with Crippen molar-refractivity contribution in [1.29, 1.82) is 0 Å². The Labute approximate surface area is 407 Å². The molecule has 386 valence electrons. The van der Waals surface area contributed by atoms with Crippen LogP contribution in [0.4, 0.5) is 0 Å². The number of aliphatic hydroxyl groups is 3. The van der Waals surface area contributed by atoms with Crippen LogP contribution in [0.1, 0.15) is 328 Å². The van der Waals surface area contributed by atoms with E-state index in [9.17, 15) is 20.1 Å². The van der Waals surface area contributed by atoms with E-state index in [4.69, 9.17) is 0 Å². The number of carbonyl (C=O) groups excluding carboxylic acids is 1. The van der Waals surface area contributed by atoms with Crippen LogP contribution in [-0.4, -0.2) is 46.1 Å². The fraction of sp³-hybridized carbons (Fsp3) is 0.917. The Hall–Kier alpha value is -1.17. The smallest absolute Gasteiger partial charge is 0.222 e. The van der Waals surface area contributed by atoms with Gasteiger partial charge in [0.1, 0.15) is 0 Å². The van der Waals surface area contributed by atoms with Gasteiger partial charge in [-0.2, -0.15) is 0 Å². The molecule has 0 aromatic rings. The van der Waals surface area contributed by atoms with Gasteiger partial charge in [0.2, 0.25) is 5.91 Å². The molecule has 0 spiro atoms. The van der Waals surface area contributed by atoms with E-state index in [2.05, 4.69) is 43.5 Å². The predicted molar refractivity (Wildman–Crippen MR) is 287 cm³/mol. The van der Waals surface area contributed by atoms with E-state index in [1.807, 2.05) is 0 Å². The van der Waals surface area contributed by atoms with Gasteiger partial charge in [-0.05, 0) is 44.9 Å². The zero-order chi connectivity index (χ0) is 47.2. The number of allylic oxidation sites excluding steroid dienone is 4. The third-order valence-electron chi connectivity index (χ3n) is 14.0. The van der Waals surface area contributed by atoms with Crippen LogP contribution in [0.2, 0.25) is 0 Å². The summed E-state index contributed by atoms with van der Waals surface area (Å²) in [7, 11) is 0. The molecule has 0 aromatic heterocycles. The summed E-state index contributed by atoms with van der Waals surface area (Å²) in [6, 6.07) is -0.657. The molecule has 5 heteroatoms. The highest BCUT2D eigenvalue weighted by molar-refractivity contribution is 5.76. The zero-order valence-electron chi connectivity index (χ0n) is 44.1. The first-order valence-electron chi connectivity index (χ1n) is 29.6. The summed E-state index contributed by atoms with van der Waals surface area (Å²) in [6.07, 6.45) is 70.6. The Morgan fingerprint density at radius 1 is 0.385 bits per heavy atom. The molecule has 65 heavy (non-hydrogen) atoms. The predicted octanol–water partition coefficient (Wildman–Crippen LogP) is 18.5. The minimum atomic E-state index is -0.748. The first-order valence-corrected chi connectivity index (χ1v) is 29.6. The van der Waals surface area contributed by atoms with E-state index in [1.54, 1.807) is 0 Å². The van der Waals surface area contributed by atoms with Gasteiger partial charge in [0.05, 0.1) is 31.3 Å². The second-order valence-electron chi connectivity index (χ2n) is 20.6. The molecule has 5 nitrogen and oxygen atoms in total. The van der Waals surface area contributed by atoms with Crippen molar-refractivity contribution in [3.8, 4) is 0 Å². The molecular formula is C60H117NO4. The maximum Gasteiger partial charge on any atom is 0.222 e. The van der Waals surface area contributed by atoms with E-state index in [0.717, 1.165) is 32.1 Å². The average molecular weight is 917 g/mol. The van der Waals surface area contributed by atoms with Crippen molar-refractivity contribution in [3.05, 3.63) is 24.3 Å². The van der Waals surface area contributed by atoms with Gasteiger partial charge in [0, 0.05) is 0 Å². The zero-order valence-corrected chi connectivity index (χ0v) is 44.1. The lowest BCUT2D eigenvalue weighted by atomic mass is 10.0. The number of hydrogen-bond donors (Lipinski definition) is 4. The largest absolute Gasteiger partial charge is 0.394 e. The van der Waals surface area contributed by atoms with Gasteiger partial charge >= 0.3 is 0 Å². The van der Waals surface area contributed by atoms with Crippen LogP contribution >= 0.6 is 0 Å². The standard InChI is InChI=1S/C60H117NO4/c1-3-5-7-9-11-13-15-17-19-21-23-24-25-26-27-28-29-30-31-32-33-34-36-37-39-41-43-45-47-49-51-53-57(63)55-60(65)61-58(56-62)59(64)54-52-50-48-46-44-42-40-38-35-22-20-18-16-14-12-10-8-6-4-2/h23-24,26-27,57-59,62-64H,3-22,25,28-56H2,1-2H3,(H,61,65)/b24-23-,27-26-. The monoisotopic (exact) mass is 916 g/mol. The van der Waals surface area contributed by atoms with Crippen molar-refractivity contribution in [2.75, 3.05) is 6.61 Å². The normalized spacial score (nSPS) is 13.4. The van der Waals surface area contributed by atoms with Crippen LogP contribution in [0.5, 0.6) is 0 Å². The molecule has 0 aliphatic carbocycles. The maximum atomic E-state index is 12.6. The Morgan fingerprint density at radius 3 is 0.969 bits per heavy atom. The molecule has 0 aliphatic heterocycles. The summed E-state index contributed by atoms with van der Waals surface area (Å²) in [6.45, 7) is 4.30. The molecule has 0 saturated heterocycles. The summed E-state index contributed by atoms with van der Waals surface area (Å²) in [5.74, 6) is -0.277. The molecule has 0 heterocycles. The fourth-order valence-corrected chi connectivity index (χ4v) is 9.50. The lowest BCUT2D eigenvalue weighted by molar-refractivity contribution is -0.125. The molecule has 1 amide bonds. The van der Waals surface area contributed by atoms with E-state index in [0.29, 0.717) is 12.8 Å². The van der Waals surface area contributed by atoms with E-state index in [-0.39, 0.29) is 18.9 Å². The Morgan fingerprint density at radius 2 is 0.662 bits per heavy atom. The third-order valence-corrected chi connectivity index (χ3v) is 14.0. The van der Waals surface area contributed by atoms with Crippen LogP contribution < -0.4 is 5.32 Å². The van der Waals surface area contributed by atoms with Crippen LogP contribution in [0.3, 0.4) is 0 Å². The Kier molecular flexibility index (Phi) is 54.4. The van der Waals surface area contributed by atoms with E-state index in [1.165, 1.54) is 263 Å². The highest BCUT2D eigenvalue weighted by Gasteiger charge is 2.21. The van der Waals surface area contributed by atoms with Crippen molar-refractivity contribution < 1.29 is 20.1 Å². The minimum Gasteiger partial charge on any atom is -0.394 e. The molecule has 0 aromatic carbocycles. The van der Waals surface area contributed by atoms with E-state index >= 15 is 0 Å². The topological polar surface area (TPSA) is 89.8 Å². The first kappa shape index (κ1) is 63.8. The van der Waals surface area contributed by atoms with Crippen molar-refractivity contribution in [2.45, 2.75) is 347 Å². The van der Waals surface area contributed by atoms with Crippen LogP contribution in [0.25, 0.3) is 0 Å². The molecule has 4 N–H and O–H groups in total. The molecule has 0 saturated carbocycles. The van der Waals surface area contributed by atoms with Crippen molar-refractivity contribution >= 4 is 5.91 Å². The molecule has 3 atom stereocenters. The summed E-state index contributed by atoms with van der Waals surface area (Å²) >= 11 is 0. The third kappa shape index (κ3) is 52.1. The summed E-state index contributed by atoms with van der Waals surface area (Å²) in [4.78, 5) is 12.6. The van der Waals surface area contributed by atoms with Crippen molar-refractivity contribution in [2.24, 2.45) is 0 Å². The lowest BCUT2D eigenvalue weighted by Gasteiger charge is -2.23. The average Bonchev–Trinajstić information content (AvgIpc) is 3.30. The van der Waals surface area contributed by atoms with Gasteiger partial charge in [-0.3, -0.25) is 4.79 Å². The van der Waals surface area contributed by atoms with Gasteiger partial charge in [-0.15, -0.1) is 0 Å². The van der Waals surface area contributed by atoms with Crippen molar-refractivity contribution in [3.63, 3.8) is 0 Å². The second-order valence-corrected chi connectivity index (χ2v) is 20.6. The number of carbonyl (C=O) groups is 1. The number of rotatable bonds is 55. The lowest BCUT2D eigenvalue weighted by Crippen LogP contribution is -2.46.